The maximum Gasteiger partial charge on any atom is 0.173 e. The van der Waals surface area contributed by atoms with E-state index in [-0.39, 0.29) is 22.5 Å². The van der Waals surface area contributed by atoms with Crippen molar-refractivity contribution in [3.63, 3.8) is 0 Å². The molecule has 4 aliphatic rings. The highest BCUT2D eigenvalue weighted by Gasteiger charge is 2.60. The van der Waals surface area contributed by atoms with Crippen molar-refractivity contribution in [3.8, 4) is 6.07 Å². The molecule has 25 heavy (non-hydrogen) atoms. The number of nitrogens with zero attached hydrogens (tertiary/aromatic N) is 1. The normalized spacial score (nSPS) is 46.1. The zero-order valence-electron chi connectivity index (χ0n) is 15.7. The smallest absolute Gasteiger partial charge is 0.173 e. The third-order valence-electron chi connectivity index (χ3n) is 8.73. The van der Waals surface area contributed by atoms with Crippen LogP contribution in [0.4, 0.5) is 0 Å². The average molecular weight is 339 g/mol. The van der Waals surface area contributed by atoms with Crippen LogP contribution < -0.4 is 0 Å². The molecule has 3 nitrogen and oxygen atoms in total. The number of fused-ring (bicyclic) bond motifs is 5. The lowest BCUT2D eigenvalue weighted by molar-refractivity contribution is -0.128. The van der Waals surface area contributed by atoms with Gasteiger partial charge in [0.15, 0.2) is 5.78 Å². The van der Waals surface area contributed by atoms with Crippen molar-refractivity contribution >= 4 is 11.6 Å². The fourth-order valence-corrected chi connectivity index (χ4v) is 7.51. The summed E-state index contributed by atoms with van der Waals surface area (Å²) in [6.07, 6.45) is 7.96. The van der Waals surface area contributed by atoms with Crippen LogP contribution in [0.3, 0.4) is 0 Å². The number of hydrogen-bond acceptors (Lipinski definition) is 3. The van der Waals surface area contributed by atoms with Crippen molar-refractivity contribution in [1.29, 1.82) is 5.26 Å². The number of allylic oxidation sites excluding steroid dienone is 1. The second-order valence-electron chi connectivity index (χ2n) is 9.51. The molecule has 3 fully saturated rings. The Morgan fingerprint density at radius 2 is 1.84 bits per heavy atom. The summed E-state index contributed by atoms with van der Waals surface area (Å²) in [5.74, 6) is 2.56. The van der Waals surface area contributed by atoms with E-state index in [1.165, 1.54) is 6.42 Å². The van der Waals surface area contributed by atoms with E-state index in [4.69, 9.17) is 0 Å². The van der Waals surface area contributed by atoms with Gasteiger partial charge < -0.3 is 0 Å². The van der Waals surface area contributed by atoms with Crippen LogP contribution in [-0.4, -0.2) is 11.6 Å². The van der Waals surface area contributed by atoms with Crippen LogP contribution in [0, 0.1) is 45.8 Å². The minimum absolute atomic E-state index is 0.0253. The van der Waals surface area contributed by atoms with Gasteiger partial charge in [-0.15, -0.1) is 0 Å². The topological polar surface area (TPSA) is 57.9 Å². The van der Waals surface area contributed by atoms with Gasteiger partial charge in [-0.25, -0.2) is 0 Å². The van der Waals surface area contributed by atoms with Crippen molar-refractivity contribution in [2.45, 2.75) is 72.1 Å². The molecular formula is C22H29NO2. The van der Waals surface area contributed by atoms with Gasteiger partial charge in [-0.1, -0.05) is 13.8 Å². The number of hydrogen-bond donors (Lipinski definition) is 0. The predicted molar refractivity (Wildman–Crippen MR) is 95.4 cm³/mol. The van der Waals surface area contributed by atoms with Gasteiger partial charge in [-0.2, -0.15) is 5.26 Å². The Morgan fingerprint density at radius 3 is 2.52 bits per heavy atom. The minimum atomic E-state index is 0.0253. The van der Waals surface area contributed by atoms with Crippen molar-refractivity contribution in [2.24, 2.45) is 34.5 Å². The van der Waals surface area contributed by atoms with E-state index in [9.17, 15) is 14.9 Å². The molecule has 0 radical (unpaired) electrons. The number of carbonyl (C=O) groups is 2. The molecule has 4 aliphatic carbocycles. The van der Waals surface area contributed by atoms with Crippen molar-refractivity contribution in [2.75, 3.05) is 0 Å². The first kappa shape index (κ1) is 17.0. The summed E-state index contributed by atoms with van der Waals surface area (Å²) in [7, 11) is 0. The molecule has 0 spiro atoms. The van der Waals surface area contributed by atoms with Gasteiger partial charge in [-0.3, -0.25) is 9.59 Å². The molecule has 1 unspecified atom stereocenters. The average Bonchev–Trinajstić information content (AvgIpc) is 2.93. The van der Waals surface area contributed by atoms with E-state index in [1.807, 2.05) is 0 Å². The van der Waals surface area contributed by atoms with E-state index in [1.54, 1.807) is 6.92 Å². The van der Waals surface area contributed by atoms with Gasteiger partial charge >= 0.3 is 0 Å². The highest BCUT2D eigenvalue weighted by atomic mass is 16.1. The molecule has 0 amide bonds. The van der Waals surface area contributed by atoms with Crippen LogP contribution >= 0.6 is 0 Å². The van der Waals surface area contributed by atoms with Gasteiger partial charge in [0, 0.05) is 12.3 Å². The Labute approximate surface area is 150 Å². The Kier molecular flexibility index (Phi) is 3.76. The summed E-state index contributed by atoms with van der Waals surface area (Å²) in [5.41, 5.74) is 1.84. The van der Waals surface area contributed by atoms with Gasteiger partial charge in [0.1, 0.15) is 11.9 Å². The number of rotatable bonds is 1. The van der Waals surface area contributed by atoms with Crippen molar-refractivity contribution in [1.82, 2.24) is 0 Å². The van der Waals surface area contributed by atoms with Crippen LogP contribution in [0.15, 0.2) is 11.1 Å². The van der Waals surface area contributed by atoms with Gasteiger partial charge in [0.2, 0.25) is 0 Å². The van der Waals surface area contributed by atoms with Gasteiger partial charge in [0.05, 0.1) is 5.57 Å². The highest BCUT2D eigenvalue weighted by molar-refractivity contribution is 6.01. The lowest BCUT2D eigenvalue weighted by Gasteiger charge is -2.58. The molecule has 0 aromatic rings. The van der Waals surface area contributed by atoms with Gasteiger partial charge in [-0.05, 0) is 86.0 Å². The SMILES string of the molecule is CC(=O)[C@H]1CC[C@H]2C3CCC4=C(C#N)C(=O)CC[C@]4(C)[C@H]3CC[C@]12C. The number of Topliss-reactive ketones (excluding diaryl/α,β-unsaturated/α-hetero) is 2. The molecule has 3 heteroatoms. The first-order valence-electron chi connectivity index (χ1n) is 10.0. The standard InChI is InChI=1S/C22H29NO2/c1-13(24)16-6-7-17-14-4-5-18-15(12-23)20(25)9-11-22(18,3)19(14)8-10-21(16,17)2/h14,16-17,19H,4-11H2,1-3H3/t14?,16-,17+,19+,21-,22+/m1/s1. The molecule has 0 aromatic heterocycles. The molecule has 134 valence electrons. The number of ketones is 2. The Bertz CT molecular complexity index is 714. The lowest BCUT2D eigenvalue weighted by atomic mass is 9.46. The molecule has 0 aliphatic heterocycles. The second kappa shape index (κ2) is 5.53. The fraction of sp³-hybridized carbons (Fsp3) is 0.773. The highest BCUT2D eigenvalue weighted by Crippen LogP contribution is 2.67. The summed E-state index contributed by atoms with van der Waals surface area (Å²) in [6.45, 7) is 6.47. The molecule has 0 saturated heterocycles. The Morgan fingerprint density at radius 1 is 1.08 bits per heavy atom. The lowest BCUT2D eigenvalue weighted by Crippen LogP contribution is -2.51. The molecule has 0 bridgehead atoms. The third-order valence-corrected chi connectivity index (χ3v) is 8.73. The van der Waals surface area contributed by atoms with Gasteiger partial charge in [0.25, 0.3) is 0 Å². The second-order valence-corrected chi connectivity index (χ2v) is 9.51. The van der Waals surface area contributed by atoms with E-state index in [0.717, 1.165) is 44.1 Å². The largest absolute Gasteiger partial charge is 0.300 e. The molecule has 6 atom stereocenters. The summed E-state index contributed by atoms with van der Waals surface area (Å²) >= 11 is 0. The maximum absolute atomic E-state index is 12.2. The van der Waals surface area contributed by atoms with Crippen LogP contribution in [0.2, 0.25) is 0 Å². The molecule has 0 aromatic carbocycles. The minimum Gasteiger partial charge on any atom is -0.300 e. The molecule has 0 N–H and O–H groups in total. The third kappa shape index (κ3) is 2.15. The first-order valence-corrected chi connectivity index (χ1v) is 10.0. The monoisotopic (exact) mass is 339 g/mol. The first-order chi connectivity index (χ1) is 11.8. The fourth-order valence-electron chi connectivity index (χ4n) is 7.51. The molecular weight excluding hydrogens is 310 g/mol. The number of carbonyl (C=O) groups excluding carboxylic acids is 2. The van der Waals surface area contributed by atoms with Crippen LogP contribution in [-0.2, 0) is 9.59 Å². The quantitative estimate of drug-likeness (QED) is 0.700. The van der Waals surface area contributed by atoms with Crippen LogP contribution in [0.1, 0.15) is 72.1 Å². The Balaban J connectivity index is 1.71. The van der Waals surface area contributed by atoms with E-state index < -0.39 is 0 Å². The van der Waals surface area contributed by atoms with Crippen LogP contribution in [0.5, 0.6) is 0 Å². The molecule has 3 saturated carbocycles. The van der Waals surface area contributed by atoms with Crippen LogP contribution in [0.25, 0.3) is 0 Å². The summed E-state index contributed by atoms with van der Waals surface area (Å²) < 4.78 is 0. The summed E-state index contributed by atoms with van der Waals surface area (Å²) in [4.78, 5) is 24.4. The Hall–Kier alpha value is -1.43. The van der Waals surface area contributed by atoms with Crippen molar-refractivity contribution < 1.29 is 9.59 Å². The van der Waals surface area contributed by atoms with Crippen molar-refractivity contribution in [3.05, 3.63) is 11.1 Å². The molecule has 0 heterocycles. The zero-order valence-corrected chi connectivity index (χ0v) is 15.7. The van der Waals surface area contributed by atoms with E-state index in [0.29, 0.717) is 35.5 Å². The summed E-state index contributed by atoms with van der Waals surface area (Å²) in [5, 5.41) is 9.53. The number of nitriles is 1. The predicted octanol–water partition coefficient (Wildman–Crippen LogP) is 4.62. The molecule has 4 rings (SSSR count). The van der Waals surface area contributed by atoms with E-state index >= 15 is 0 Å². The van der Waals surface area contributed by atoms with E-state index in [2.05, 4.69) is 19.9 Å². The zero-order chi connectivity index (χ0) is 18.0. The maximum atomic E-state index is 12.2. The summed E-state index contributed by atoms with van der Waals surface area (Å²) in [6, 6.07) is 2.23.